The molecule has 186 valence electrons. The molecule has 2 aromatic carbocycles. The molecule has 36 heavy (non-hydrogen) atoms. The molecule has 0 amide bonds. The number of nitrogens with zero attached hydrogens (tertiary/aromatic N) is 2. The van der Waals surface area contributed by atoms with Crippen LogP contribution >= 0.6 is 23.2 Å². The molecule has 0 aliphatic carbocycles. The first-order valence-corrected chi connectivity index (χ1v) is 12.8. The van der Waals surface area contributed by atoms with Gasteiger partial charge in [0, 0.05) is 49.1 Å². The topological polar surface area (TPSA) is 72.1 Å². The molecule has 0 bridgehead atoms. The molecule has 1 saturated heterocycles. The summed E-state index contributed by atoms with van der Waals surface area (Å²) in [7, 11) is 0. The summed E-state index contributed by atoms with van der Waals surface area (Å²) in [6, 6.07) is 15.0. The van der Waals surface area contributed by atoms with Crippen molar-refractivity contribution in [1.29, 1.82) is 0 Å². The number of H-pyrrole nitrogens is 1. The lowest BCUT2D eigenvalue weighted by atomic mass is 10.1. The van der Waals surface area contributed by atoms with Crippen molar-refractivity contribution >= 4 is 46.3 Å². The van der Waals surface area contributed by atoms with Gasteiger partial charge in [0.15, 0.2) is 0 Å². The number of fused-ring (bicyclic) bond motifs is 1. The molecule has 8 heteroatoms. The molecule has 0 spiro atoms. The molecule has 3 heterocycles. The molecule has 1 fully saturated rings. The minimum absolute atomic E-state index is 0.337. The van der Waals surface area contributed by atoms with Gasteiger partial charge < -0.3 is 14.8 Å². The second kappa shape index (κ2) is 11.4. The summed E-state index contributed by atoms with van der Waals surface area (Å²) in [5.41, 5.74) is 4.88. The zero-order valence-electron chi connectivity index (χ0n) is 20.0. The Hall–Kier alpha value is -2.90. The smallest absolute Gasteiger partial charge is 0.124 e. The number of aromatic amines is 1. The van der Waals surface area contributed by atoms with Gasteiger partial charge in [-0.1, -0.05) is 53.5 Å². The van der Waals surface area contributed by atoms with Crippen molar-refractivity contribution in [3.63, 3.8) is 0 Å². The molecule has 1 atom stereocenters. The Bertz CT molecular complexity index is 1330. The summed E-state index contributed by atoms with van der Waals surface area (Å²) in [5, 5.41) is 13.1. The van der Waals surface area contributed by atoms with Gasteiger partial charge in [-0.15, -0.1) is 0 Å². The van der Waals surface area contributed by atoms with E-state index in [4.69, 9.17) is 32.7 Å². The van der Waals surface area contributed by atoms with Gasteiger partial charge in [0.25, 0.3) is 0 Å². The minimum atomic E-state index is -0.337. The van der Waals surface area contributed by atoms with Crippen LogP contribution in [-0.2, 0) is 11.3 Å². The number of pyridine rings is 1. The maximum Gasteiger partial charge on any atom is 0.124 e. The first kappa shape index (κ1) is 24.8. The molecule has 1 aliphatic heterocycles. The van der Waals surface area contributed by atoms with E-state index in [1.165, 1.54) is 5.56 Å². The van der Waals surface area contributed by atoms with Gasteiger partial charge >= 0.3 is 0 Å². The summed E-state index contributed by atoms with van der Waals surface area (Å²) in [5.74, 6) is 0.705. The number of ether oxygens (including phenoxy) is 2. The van der Waals surface area contributed by atoms with Crippen molar-refractivity contribution < 1.29 is 9.47 Å². The Morgan fingerprint density at radius 3 is 2.58 bits per heavy atom. The van der Waals surface area contributed by atoms with Crippen molar-refractivity contribution in [2.24, 2.45) is 0 Å². The monoisotopic (exact) mass is 522 g/mol. The highest BCUT2D eigenvalue weighted by molar-refractivity contribution is 6.35. The number of nitrogens with one attached hydrogen (secondary N) is 2. The number of aromatic nitrogens is 3. The number of rotatable bonds is 8. The summed E-state index contributed by atoms with van der Waals surface area (Å²) in [4.78, 5) is 4.01. The van der Waals surface area contributed by atoms with Gasteiger partial charge in [0.1, 0.15) is 11.9 Å². The average Bonchev–Trinajstić information content (AvgIpc) is 3.29. The largest absolute Gasteiger partial charge is 0.486 e. The normalized spacial score (nSPS) is 15.5. The third-order valence-electron chi connectivity index (χ3n) is 6.40. The Balaban J connectivity index is 1.26. The summed E-state index contributed by atoms with van der Waals surface area (Å²) in [6.45, 7) is 4.48. The summed E-state index contributed by atoms with van der Waals surface area (Å²) >= 11 is 12.6. The highest BCUT2D eigenvalue weighted by atomic mass is 35.5. The second-order valence-corrected chi connectivity index (χ2v) is 9.75. The molecule has 0 radical (unpaired) electrons. The van der Waals surface area contributed by atoms with E-state index in [1.807, 2.05) is 31.2 Å². The van der Waals surface area contributed by atoms with Gasteiger partial charge in [-0.05, 0) is 55.2 Å². The van der Waals surface area contributed by atoms with E-state index in [9.17, 15) is 0 Å². The highest BCUT2D eigenvalue weighted by Gasteiger charge is 2.17. The van der Waals surface area contributed by atoms with Crippen LogP contribution in [0.5, 0.6) is 5.75 Å². The molecular formula is C28H28Cl2N4O2. The summed E-state index contributed by atoms with van der Waals surface area (Å²) < 4.78 is 11.6. The van der Waals surface area contributed by atoms with Crippen molar-refractivity contribution in [3.8, 4) is 5.75 Å². The van der Waals surface area contributed by atoms with Gasteiger partial charge in [-0.25, -0.2) is 0 Å². The quantitative estimate of drug-likeness (QED) is 0.265. The van der Waals surface area contributed by atoms with Crippen LogP contribution in [0.2, 0.25) is 10.0 Å². The summed E-state index contributed by atoms with van der Waals surface area (Å²) in [6.07, 6.45) is 9.04. The van der Waals surface area contributed by atoms with E-state index in [1.54, 1.807) is 12.4 Å². The van der Waals surface area contributed by atoms with Crippen molar-refractivity contribution in [3.05, 3.63) is 87.3 Å². The average molecular weight is 523 g/mol. The Morgan fingerprint density at radius 1 is 1.08 bits per heavy atom. The van der Waals surface area contributed by atoms with Crippen molar-refractivity contribution in [2.75, 3.05) is 13.2 Å². The zero-order valence-corrected chi connectivity index (χ0v) is 21.5. The fourth-order valence-corrected chi connectivity index (χ4v) is 5.04. The third kappa shape index (κ3) is 5.90. The maximum atomic E-state index is 6.30. The van der Waals surface area contributed by atoms with Crippen LogP contribution in [0.4, 0.5) is 0 Å². The van der Waals surface area contributed by atoms with Crippen LogP contribution < -0.4 is 10.1 Å². The van der Waals surface area contributed by atoms with Crippen molar-refractivity contribution in [2.45, 2.75) is 38.5 Å². The first-order valence-electron chi connectivity index (χ1n) is 12.1. The van der Waals surface area contributed by atoms with Gasteiger partial charge in [-0.2, -0.15) is 5.10 Å². The molecule has 4 aromatic rings. The molecule has 6 nitrogen and oxygen atoms in total. The minimum Gasteiger partial charge on any atom is -0.486 e. The third-order valence-corrected chi connectivity index (χ3v) is 7.01. The van der Waals surface area contributed by atoms with E-state index in [0.29, 0.717) is 27.4 Å². The van der Waals surface area contributed by atoms with Crippen LogP contribution in [0.15, 0.2) is 54.9 Å². The van der Waals surface area contributed by atoms with E-state index in [-0.39, 0.29) is 6.10 Å². The predicted octanol–water partition coefficient (Wildman–Crippen LogP) is 6.84. The maximum absolute atomic E-state index is 6.30. The second-order valence-electron chi connectivity index (χ2n) is 8.94. The van der Waals surface area contributed by atoms with Crippen LogP contribution in [0.3, 0.4) is 0 Å². The number of hydrogen-bond acceptors (Lipinski definition) is 5. The standard InChI is InChI=1S/C28H28Cl2N4O2/c1-18(28-24(29)16-31-17-25(28)30)36-22-7-9-27-23(14-22)26(33-34-27)8-6-19-2-4-20(5-3-19)15-32-21-10-12-35-13-11-21/h2-9,14,16-18,21,32H,10-13,15H2,1H3,(H,33,34)/b8-6+. The number of halogens is 2. The lowest BCUT2D eigenvalue weighted by Crippen LogP contribution is -2.34. The van der Waals surface area contributed by atoms with E-state index < -0.39 is 0 Å². The van der Waals surface area contributed by atoms with Crippen LogP contribution in [0.25, 0.3) is 23.1 Å². The van der Waals surface area contributed by atoms with Gasteiger partial charge in [0.2, 0.25) is 0 Å². The molecule has 5 rings (SSSR count). The van der Waals surface area contributed by atoms with Crippen LogP contribution in [0, 0.1) is 0 Å². The van der Waals surface area contributed by atoms with E-state index in [2.05, 4.69) is 50.8 Å². The molecule has 0 saturated carbocycles. The molecule has 2 N–H and O–H groups in total. The first-order chi connectivity index (χ1) is 17.6. The Kier molecular flexibility index (Phi) is 7.87. The predicted molar refractivity (Wildman–Crippen MR) is 145 cm³/mol. The fraction of sp³-hybridized carbons (Fsp3) is 0.286. The van der Waals surface area contributed by atoms with E-state index in [0.717, 1.165) is 54.8 Å². The van der Waals surface area contributed by atoms with E-state index >= 15 is 0 Å². The van der Waals surface area contributed by atoms with Gasteiger partial charge in [-0.3, -0.25) is 10.1 Å². The molecular weight excluding hydrogens is 495 g/mol. The number of hydrogen-bond donors (Lipinski definition) is 2. The molecule has 1 unspecified atom stereocenters. The fourth-order valence-electron chi connectivity index (χ4n) is 4.37. The van der Waals surface area contributed by atoms with Crippen LogP contribution in [-0.4, -0.2) is 34.4 Å². The zero-order chi connectivity index (χ0) is 24.9. The number of benzene rings is 2. The lowest BCUT2D eigenvalue weighted by molar-refractivity contribution is 0.0776. The highest BCUT2D eigenvalue weighted by Crippen LogP contribution is 2.33. The SMILES string of the molecule is CC(Oc1ccc2[nH]nc(/C=C/c3ccc(CNC4CCOCC4)cc3)c2c1)c1c(Cl)cncc1Cl. The molecule has 2 aromatic heterocycles. The Morgan fingerprint density at radius 2 is 1.83 bits per heavy atom. The van der Waals surface area contributed by atoms with Gasteiger partial charge in [0.05, 0.1) is 21.3 Å². The lowest BCUT2D eigenvalue weighted by Gasteiger charge is -2.23. The molecule has 1 aliphatic rings. The van der Waals surface area contributed by atoms with Crippen molar-refractivity contribution in [1.82, 2.24) is 20.5 Å². The Labute approximate surface area is 220 Å². The van der Waals surface area contributed by atoms with Crippen LogP contribution in [0.1, 0.15) is 48.3 Å².